The normalized spacial score (nSPS) is 13.4. The van der Waals surface area contributed by atoms with E-state index in [4.69, 9.17) is 4.42 Å². The third kappa shape index (κ3) is 2.36. The molecule has 0 saturated heterocycles. The number of anilines is 1. The van der Waals surface area contributed by atoms with Crippen molar-refractivity contribution < 1.29 is 14.0 Å². The van der Waals surface area contributed by atoms with Crippen LogP contribution in [0.1, 0.15) is 26.3 Å². The molecule has 2 heterocycles. The van der Waals surface area contributed by atoms with Crippen molar-refractivity contribution in [3.8, 4) is 11.5 Å². The number of amides is 2. The minimum Gasteiger partial charge on any atom is -0.436 e. The fourth-order valence-corrected chi connectivity index (χ4v) is 3.37. The minimum absolute atomic E-state index is 0.315. The number of hydrogen-bond donors (Lipinski definition) is 0. The molecule has 4 aromatic rings. The highest BCUT2D eigenvalue weighted by atomic mass is 16.3. The lowest BCUT2D eigenvalue weighted by Gasteiger charge is -2.14. The molecule has 1 aliphatic heterocycles. The molecule has 0 fully saturated rings. The number of aromatic nitrogens is 1. The van der Waals surface area contributed by atoms with Crippen molar-refractivity contribution in [2.75, 3.05) is 4.90 Å². The minimum atomic E-state index is -0.335. The van der Waals surface area contributed by atoms with Gasteiger partial charge >= 0.3 is 0 Å². The van der Waals surface area contributed by atoms with E-state index in [0.717, 1.165) is 11.1 Å². The standard InChI is InChI=1S/C22H14N2O3/c1-13-5-4-6-15(11-13)24-21(25)16-10-9-14(12-17(16)22(24)26)20-23-18-7-2-3-8-19(18)27-20/h2-12H,1H3. The van der Waals surface area contributed by atoms with Crippen LogP contribution in [-0.2, 0) is 0 Å². The molecule has 0 aliphatic carbocycles. The van der Waals surface area contributed by atoms with Crippen molar-refractivity contribution in [1.29, 1.82) is 0 Å². The molecule has 5 rings (SSSR count). The summed E-state index contributed by atoms with van der Waals surface area (Å²) in [7, 11) is 0. The van der Waals surface area contributed by atoms with Crippen LogP contribution in [0.4, 0.5) is 5.69 Å². The van der Waals surface area contributed by atoms with Crippen LogP contribution in [0.3, 0.4) is 0 Å². The summed E-state index contributed by atoms with van der Waals surface area (Å²) in [5, 5.41) is 0. The number of hydrogen-bond acceptors (Lipinski definition) is 4. The van der Waals surface area contributed by atoms with E-state index in [1.54, 1.807) is 24.3 Å². The van der Waals surface area contributed by atoms with E-state index in [9.17, 15) is 9.59 Å². The van der Waals surface area contributed by atoms with E-state index in [2.05, 4.69) is 4.98 Å². The van der Waals surface area contributed by atoms with Gasteiger partial charge in [-0.25, -0.2) is 9.88 Å². The highest BCUT2D eigenvalue weighted by Gasteiger charge is 2.37. The summed E-state index contributed by atoms with van der Waals surface area (Å²) in [6, 6.07) is 19.9. The van der Waals surface area contributed by atoms with Gasteiger partial charge in [-0.15, -0.1) is 0 Å². The summed E-state index contributed by atoms with van der Waals surface area (Å²) in [6.45, 7) is 1.92. The van der Waals surface area contributed by atoms with Crippen molar-refractivity contribution in [2.45, 2.75) is 6.92 Å². The molecule has 0 radical (unpaired) electrons. The highest BCUT2D eigenvalue weighted by Crippen LogP contribution is 2.32. The largest absolute Gasteiger partial charge is 0.436 e. The molecule has 3 aromatic carbocycles. The van der Waals surface area contributed by atoms with Crippen molar-refractivity contribution in [1.82, 2.24) is 4.98 Å². The van der Waals surface area contributed by atoms with Gasteiger partial charge < -0.3 is 4.42 Å². The van der Waals surface area contributed by atoms with Crippen molar-refractivity contribution >= 4 is 28.6 Å². The third-order valence-electron chi connectivity index (χ3n) is 4.69. The average Bonchev–Trinajstić information content (AvgIpc) is 3.21. The molecular weight excluding hydrogens is 340 g/mol. The molecule has 0 unspecified atom stereocenters. The summed E-state index contributed by atoms with van der Waals surface area (Å²) < 4.78 is 5.78. The summed E-state index contributed by atoms with van der Waals surface area (Å²) in [4.78, 5) is 31.4. The average molecular weight is 354 g/mol. The van der Waals surface area contributed by atoms with Crippen molar-refractivity contribution in [3.63, 3.8) is 0 Å². The maximum absolute atomic E-state index is 12.9. The molecule has 27 heavy (non-hydrogen) atoms. The second-order valence-corrected chi connectivity index (χ2v) is 6.53. The first-order valence-electron chi connectivity index (χ1n) is 8.57. The molecule has 5 heteroatoms. The zero-order valence-corrected chi connectivity index (χ0v) is 14.5. The Morgan fingerprint density at radius 2 is 1.67 bits per heavy atom. The van der Waals surface area contributed by atoms with Gasteiger partial charge in [-0.3, -0.25) is 9.59 Å². The fourth-order valence-electron chi connectivity index (χ4n) is 3.37. The Kier molecular flexibility index (Phi) is 3.24. The molecule has 0 atom stereocenters. The number of fused-ring (bicyclic) bond motifs is 2. The Morgan fingerprint density at radius 3 is 2.48 bits per heavy atom. The van der Waals surface area contributed by atoms with Crippen LogP contribution in [0.5, 0.6) is 0 Å². The molecule has 0 saturated carbocycles. The smallest absolute Gasteiger partial charge is 0.266 e. The number of nitrogens with zero attached hydrogens (tertiary/aromatic N) is 2. The second-order valence-electron chi connectivity index (χ2n) is 6.53. The third-order valence-corrected chi connectivity index (χ3v) is 4.69. The lowest BCUT2D eigenvalue weighted by molar-refractivity contribution is 0.0926. The molecule has 1 aromatic heterocycles. The Labute approximate surface area is 154 Å². The number of carbonyl (C=O) groups excluding carboxylic acids is 2. The maximum Gasteiger partial charge on any atom is 0.266 e. The van der Waals surface area contributed by atoms with Crippen LogP contribution in [0, 0.1) is 6.92 Å². The van der Waals surface area contributed by atoms with Crippen molar-refractivity contribution in [3.05, 3.63) is 83.4 Å². The molecule has 0 N–H and O–H groups in total. The Hall–Kier alpha value is -3.73. The predicted molar refractivity (Wildman–Crippen MR) is 102 cm³/mol. The van der Waals surface area contributed by atoms with Gasteiger partial charge in [-0.1, -0.05) is 24.3 Å². The number of imide groups is 1. The second kappa shape index (κ2) is 5.64. The van der Waals surface area contributed by atoms with Crippen LogP contribution in [-0.4, -0.2) is 16.8 Å². The van der Waals surface area contributed by atoms with Gasteiger partial charge in [0.2, 0.25) is 5.89 Å². The monoisotopic (exact) mass is 354 g/mol. The molecule has 1 aliphatic rings. The fraction of sp³-hybridized carbons (Fsp3) is 0.0455. The number of benzene rings is 3. The summed E-state index contributed by atoms with van der Waals surface area (Å²) >= 11 is 0. The number of oxazole rings is 1. The van der Waals surface area contributed by atoms with E-state index >= 15 is 0 Å². The van der Waals surface area contributed by atoms with Crippen LogP contribution < -0.4 is 4.90 Å². The van der Waals surface area contributed by atoms with Gasteiger partial charge in [0, 0.05) is 5.56 Å². The van der Waals surface area contributed by atoms with Gasteiger partial charge in [0.1, 0.15) is 5.52 Å². The first-order chi connectivity index (χ1) is 13.1. The topological polar surface area (TPSA) is 63.4 Å². The zero-order valence-electron chi connectivity index (χ0n) is 14.5. The number of aryl methyl sites for hydroxylation is 1. The number of rotatable bonds is 2. The molecular formula is C22H14N2O3. The Balaban J connectivity index is 1.59. The van der Waals surface area contributed by atoms with Crippen molar-refractivity contribution in [2.24, 2.45) is 0 Å². The Bertz CT molecular complexity index is 1210. The van der Waals surface area contributed by atoms with Crippen LogP contribution >= 0.6 is 0 Å². The van der Waals surface area contributed by atoms with Gasteiger partial charge in [-0.2, -0.15) is 0 Å². The molecule has 5 nitrogen and oxygen atoms in total. The quantitative estimate of drug-likeness (QED) is 0.493. The van der Waals surface area contributed by atoms with Gasteiger partial charge in [0.05, 0.1) is 16.8 Å². The van der Waals surface area contributed by atoms with Crippen LogP contribution in [0.15, 0.2) is 71.1 Å². The Morgan fingerprint density at radius 1 is 0.852 bits per heavy atom. The predicted octanol–water partition coefficient (Wildman–Crippen LogP) is 4.60. The van der Waals surface area contributed by atoms with Gasteiger partial charge in [-0.05, 0) is 55.0 Å². The van der Waals surface area contributed by atoms with Gasteiger partial charge in [0.25, 0.3) is 11.8 Å². The SMILES string of the molecule is Cc1cccc(N2C(=O)c3ccc(-c4nc5ccccc5o4)cc3C2=O)c1. The van der Waals surface area contributed by atoms with E-state index in [-0.39, 0.29) is 11.8 Å². The lowest BCUT2D eigenvalue weighted by atomic mass is 10.1. The number of carbonyl (C=O) groups is 2. The lowest BCUT2D eigenvalue weighted by Crippen LogP contribution is -2.29. The van der Waals surface area contributed by atoms with E-state index in [0.29, 0.717) is 33.9 Å². The molecule has 0 bridgehead atoms. The molecule has 0 spiro atoms. The summed E-state index contributed by atoms with van der Waals surface area (Å²) in [5.74, 6) is -0.225. The van der Waals surface area contributed by atoms with E-state index in [1.807, 2.05) is 49.4 Å². The highest BCUT2D eigenvalue weighted by molar-refractivity contribution is 6.34. The van der Waals surface area contributed by atoms with E-state index < -0.39 is 0 Å². The summed E-state index contributed by atoms with van der Waals surface area (Å²) in [5.41, 5.74) is 4.40. The van der Waals surface area contributed by atoms with Crippen LogP contribution in [0.2, 0.25) is 0 Å². The maximum atomic E-state index is 12.9. The summed E-state index contributed by atoms with van der Waals surface area (Å²) in [6.07, 6.45) is 0. The first-order valence-corrected chi connectivity index (χ1v) is 8.57. The molecule has 2 amide bonds. The van der Waals surface area contributed by atoms with E-state index in [1.165, 1.54) is 4.90 Å². The molecule has 130 valence electrons. The zero-order chi connectivity index (χ0) is 18.5. The first kappa shape index (κ1) is 15.5. The van der Waals surface area contributed by atoms with Crippen LogP contribution in [0.25, 0.3) is 22.6 Å². The van der Waals surface area contributed by atoms with Gasteiger partial charge in [0.15, 0.2) is 5.58 Å². The number of para-hydroxylation sites is 2.